The molecule has 0 amide bonds. The normalized spacial score (nSPS) is 15.7. The van der Waals surface area contributed by atoms with Crippen LogP contribution in [-0.2, 0) is 0 Å². The van der Waals surface area contributed by atoms with Crippen LogP contribution < -0.4 is 0 Å². The van der Waals surface area contributed by atoms with E-state index < -0.39 is 0 Å². The van der Waals surface area contributed by atoms with Crippen LogP contribution in [-0.4, -0.2) is 12.1 Å². The van der Waals surface area contributed by atoms with Crippen molar-refractivity contribution in [2.75, 3.05) is 0 Å². The lowest BCUT2D eigenvalue weighted by Gasteiger charge is -2.00. The Morgan fingerprint density at radius 3 is 3.00 bits per heavy atom. The molecule has 0 bridgehead atoms. The van der Waals surface area contributed by atoms with Crippen LogP contribution in [0.25, 0.3) is 0 Å². The zero-order valence-corrected chi connectivity index (χ0v) is 6.20. The van der Waals surface area contributed by atoms with Crippen LogP contribution in [0.15, 0.2) is 27.9 Å². The van der Waals surface area contributed by atoms with Gasteiger partial charge in [0.05, 0.1) is 6.21 Å². The Bertz CT molecular complexity index is 228. The molecule has 0 saturated heterocycles. The highest BCUT2D eigenvalue weighted by atomic mass is 15.2. The van der Waals surface area contributed by atoms with Crippen molar-refractivity contribution < 1.29 is 0 Å². The summed E-state index contributed by atoms with van der Waals surface area (Å²) < 4.78 is 0. The van der Waals surface area contributed by atoms with Gasteiger partial charge in [-0.2, -0.15) is 5.10 Å². The van der Waals surface area contributed by atoms with E-state index in [1.54, 1.807) is 6.21 Å². The fourth-order valence-corrected chi connectivity index (χ4v) is 0.697. The lowest BCUT2D eigenvalue weighted by molar-refractivity contribution is 0.795. The molecule has 0 atom stereocenters. The van der Waals surface area contributed by atoms with Crippen molar-refractivity contribution in [1.82, 2.24) is 0 Å². The first kappa shape index (κ1) is 6.97. The van der Waals surface area contributed by atoms with Gasteiger partial charge >= 0.3 is 0 Å². The van der Waals surface area contributed by atoms with Crippen molar-refractivity contribution in [3.05, 3.63) is 17.7 Å². The first-order chi connectivity index (χ1) is 4.80. The first-order valence-electron chi connectivity index (χ1n) is 3.32. The molecule has 1 aliphatic heterocycles. The second-order valence-corrected chi connectivity index (χ2v) is 2.46. The van der Waals surface area contributed by atoms with Crippen molar-refractivity contribution in [2.45, 2.75) is 13.8 Å². The number of hydrogen-bond acceptors (Lipinski definition) is 2. The summed E-state index contributed by atoms with van der Waals surface area (Å²) in [6.07, 6.45) is 5.50. The molecule has 0 radical (unpaired) electrons. The van der Waals surface area contributed by atoms with E-state index in [9.17, 15) is 0 Å². The molecular formula is C8H10N2. The van der Waals surface area contributed by atoms with E-state index >= 15 is 0 Å². The lowest BCUT2D eigenvalue weighted by atomic mass is 10.0. The van der Waals surface area contributed by atoms with E-state index in [0.717, 1.165) is 0 Å². The third-order valence-electron chi connectivity index (χ3n) is 1.35. The molecule has 0 N–H and O–H groups in total. The molecule has 0 unspecified atom stereocenters. The Hall–Kier alpha value is -1.14. The molecule has 0 fully saturated rings. The molecule has 2 heteroatoms. The third kappa shape index (κ3) is 1.67. The van der Waals surface area contributed by atoms with Gasteiger partial charge < -0.3 is 0 Å². The fraction of sp³-hybridized carbons (Fsp3) is 0.375. The SMILES string of the molecule is CC(C)C1=CC=NN=C=C1. The second kappa shape index (κ2) is 3.14. The van der Waals surface area contributed by atoms with E-state index in [-0.39, 0.29) is 0 Å². The minimum Gasteiger partial charge on any atom is -0.150 e. The molecular weight excluding hydrogens is 124 g/mol. The van der Waals surface area contributed by atoms with Gasteiger partial charge in [-0.1, -0.05) is 13.8 Å². The summed E-state index contributed by atoms with van der Waals surface area (Å²) >= 11 is 0. The molecule has 0 spiro atoms. The maximum atomic E-state index is 3.68. The summed E-state index contributed by atoms with van der Waals surface area (Å²) in [5.74, 6) is 3.23. The predicted molar refractivity (Wildman–Crippen MR) is 43.4 cm³/mol. The Balaban J connectivity index is 2.86. The Morgan fingerprint density at radius 2 is 2.30 bits per heavy atom. The maximum absolute atomic E-state index is 3.68. The standard InChI is InChI=1S/C8H10N2/c1-7(2)8-3-5-9-10-6-4-8/h3-5,7H,1-2H3. The largest absolute Gasteiger partial charge is 0.150 e. The van der Waals surface area contributed by atoms with Crippen molar-refractivity contribution in [1.29, 1.82) is 0 Å². The van der Waals surface area contributed by atoms with Gasteiger partial charge in [0.1, 0.15) is 0 Å². The summed E-state index contributed by atoms with van der Waals surface area (Å²) in [5.41, 5.74) is 1.21. The maximum Gasteiger partial charge on any atom is 0.0506 e. The molecule has 1 heterocycles. The van der Waals surface area contributed by atoms with Gasteiger partial charge in [-0.05, 0) is 17.6 Å². The summed E-state index contributed by atoms with van der Waals surface area (Å²) in [6.45, 7) is 4.26. The molecule has 0 aromatic heterocycles. The number of rotatable bonds is 1. The molecule has 0 aliphatic carbocycles. The van der Waals surface area contributed by atoms with Gasteiger partial charge in [-0.25, -0.2) is 0 Å². The predicted octanol–water partition coefficient (Wildman–Crippen LogP) is 1.79. The monoisotopic (exact) mass is 134 g/mol. The molecule has 1 rings (SSSR count). The number of allylic oxidation sites excluding steroid dienone is 3. The topological polar surface area (TPSA) is 24.7 Å². The van der Waals surface area contributed by atoms with Gasteiger partial charge in [0.25, 0.3) is 0 Å². The number of nitrogens with zero attached hydrogens (tertiary/aromatic N) is 2. The minimum absolute atomic E-state index is 0.521. The van der Waals surface area contributed by atoms with E-state index in [1.807, 2.05) is 12.2 Å². The fourth-order valence-electron chi connectivity index (χ4n) is 0.697. The van der Waals surface area contributed by atoms with Crippen molar-refractivity contribution in [3.63, 3.8) is 0 Å². The van der Waals surface area contributed by atoms with E-state index in [1.165, 1.54) is 5.57 Å². The van der Waals surface area contributed by atoms with Crippen LogP contribution >= 0.6 is 0 Å². The summed E-state index contributed by atoms with van der Waals surface area (Å²) in [7, 11) is 0. The quantitative estimate of drug-likeness (QED) is 0.522. The van der Waals surface area contributed by atoms with Crippen molar-refractivity contribution in [3.8, 4) is 0 Å². The molecule has 1 aliphatic rings. The van der Waals surface area contributed by atoms with E-state index in [0.29, 0.717) is 5.92 Å². The Labute approximate surface area is 60.7 Å². The van der Waals surface area contributed by atoms with E-state index in [4.69, 9.17) is 0 Å². The summed E-state index contributed by atoms with van der Waals surface area (Å²) in [5, 5.41) is 7.30. The van der Waals surface area contributed by atoms with Gasteiger partial charge in [-0.3, -0.25) is 0 Å². The minimum atomic E-state index is 0.521. The van der Waals surface area contributed by atoms with Gasteiger partial charge in [0.2, 0.25) is 0 Å². The lowest BCUT2D eigenvalue weighted by Crippen LogP contribution is -1.89. The average molecular weight is 134 g/mol. The molecule has 10 heavy (non-hydrogen) atoms. The van der Waals surface area contributed by atoms with Crippen LogP contribution in [0.5, 0.6) is 0 Å². The zero-order valence-electron chi connectivity index (χ0n) is 6.20. The highest BCUT2D eigenvalue weighted by molar-refractivity contribution is 5.76. The second-order valence-electron chi connectivity index (χ2n) is 2.46. The average Bonchev–Trinajstić information content (AvgIpc) is 2.12. The molecule has 0 aromatic rings. The first-order valence-corrected chi connectivity index (χ1v) is 3.32. The molecule has 0 saturated carbocycles. The van der Waals surface area contributed by atoms with Crippen LogP contribution in [0.3, 0.4) is 0 Å². The Morgan fingerprint density at radius 1 is 1.50 bits per heavy atom. The Kier molecular flexibility index (Phi) is 2.19. The smallest absolute Gasteiger partial charge is 0.0506 e. The highest BCUT2D eigenvalue weighted by Gasteiger charge is 1.97. The van der Waals surface area contributed by atoms with Crippen LogP contribution in [0.2, 0.25) is 0 Å². The van der Waals surface area contributed by atoms with Crippen LogP contribution in [0.1, 0.15) is 13.8 Å². The van der Waals surface area contributed by atoms with Gasteiger partial charge in [0, 0.05) is 11.9 Å². The van der Waals surface area contributed by atoms with Crippen LogP contribution in [0.4, 0.5) is 0 Å². The number of hydrogen-bond donors (Lipinski definition) is 0. The molecule has 0 aromatic carbocycles. The van der Waals surface area contributed by atoms with Gasteiger partial charge in [0.15, 0.2) is 0 Å². The third-order valence-corrected chi connectivity index (χ3v) is 1.35. The highest BCUT2D eigenvalue weighted by Crippen LogP contribution is 2.09. The molecule has 2 nitrogen and oxygen atoms in total. The van der Waals surface area contributed by atoms with Gasteiger partial charge in [-0.15, -0.1) is 5.10 Å². The summed E-state index contributed by atoms with van der Waals surface area (Å²) in [4.78, 5) is 0. The summed E-state index contributed by atoms with van der Waals surface area (Å²) in [6, 6.07) is 0. The molecule has 52 valence electrons. The van der Waals surface area contributed by atoms with E-state index in [2.05, 4.69) is 29.9 Å². The van der Waals surface area contributed by atoms with Crippen molar-refractivity contribution in [2.24, 2.45) is 16.1 Å². The van der Waals surface area contributed by atoms with Crippen molar-refractivity contribution >= 4 is 12.1 Å². The zero-order chi connectivity index (χ0) is 7.40. The van der Waals surface area contributed by atoms with Crippen LogP contribution in [0, 0.1) is 5.92 Å².